The molecular formula is C16H18NO3P. The molecule has 5 heteroatoms. The Hall–Kier alpha value is -1.90. The zero-order valence-electron chi connectivity index (χ0n) is 11.8. The quantitative estimate of drug-likeness (QED) is 0.384. The number of oxime groups is 1. The van der Waals surface area contributed by atoms with E-state index in [4.69, 9.17) is 5.21 Å². The van der Waals surface area contributed by atoms with Crippen LogP contribution in [-0.4, -0.2) is 15.8 Å². The van der Waals surface area contributed by atoms with E-state index in [1.807, 2.05) is 30.3 Å². The molecule has 0 saturated carbocycles. The van der Waals surface area contributed by atoms with Gasteiger partial charge in [0, 0.05) is 11.7 Å². The molecule has 21 heavy (non-hydrogen) atoms. The number of nitrogens with zero attached hydrogens (tertiary/aromatic N) is 1. The molecule has 0 aliphatic rings. The molecule has 0 radical (unpaired) electrons. The second-order valence-electron chi connectivity index (χ2n) is 4.92. The SMILES string of the molecule is CC(CC(c1ccccc1)P(=O)(O)c1ccccc1)=NO. The zero-order valence-corrected chi connectivity index (χ0v) is 12.6. The maximum atomic E-state index is 13.0. The molecule has 0 aliphatic carbocycles. The summed E-state index contributed by atoms with van der Waals surface area (Å²) in [4.78, 5) is 10.7. The van der Waals surface area contributed by atoms with Crippen LogP contribution in [0.4, 0.5) is 0 Å². The van der Waals surface area contributed by atoms with Gasteiger partial charge in [0.25, 0.3) is 0 Å². The van der Waals surface area contributed by atoms with Crippen LogP contribution in [0.1, 0.15) is 24.6 Å². The maximum Gasteiger partial charge on any atom is 0.237 e. The Balaban J connectivity index is 2.47. The molecule has 2 N–H and O–H groups in total. The first kappa shape index (κ1) is 15.5. The summed E-state index contributed by atoms with van der Waals surface area (Å²) in [6, 6.07) is 17.8. The first-order valence-corrected chi connectivity index (χ1v) is 8.39. The molecule has 110 valence electrons. The zero-order chi connectivity index (χ0) is 15.3. The van der Waals surface area contributed by atoms with Crippen LogP contribution in [0.15, 0.2) is 65.8 Å². The van der Waals surface area contributed by atoms with Crippen molar-refractivity contribution in [2.45, 2.75) is 19.0 Å². The van der Waals surface area contributed by atoms with Gasteiger partial charge in [0.05, 0.1) is 11.4 Å². The van der Waals surface area contributed by atoms with Gasteiger partial charge in [-0.05, 0) is 24.6 Å². The molecule has 2 unspecified atom stereocenters. The Morgan fingerprint density at radius 3 is 2.14 bits per heavy atom. The number of hydrogen-bond donors (Lipinski definition) is 2. The van der Waals surface area contributed by atoms with Crippen molar-refractivity contribution in [2.75, 3.05) is 0 Å². The summed E-state index contributed by atoms with van der Waals surface area (Å²) in [5.41, 5.74) is 0.557. The van der Waals surface area contributed by atoms with Gasteiger partial charge >= 0.3 is 0 Å². The molecule has 0 aliphatic heterocycles. The molecule has 0 saturated heterocycles. The lowest BCUT2D eigenvalue weighted by atomic mass is 10.1. The highest BCUT2D eigenvalue weighted by Crippen LogP contribution is 2.56. The van der Waals surface area contributed by atoms with E-state index in [-0.39, 0.29) is 6.42 Å². The minimum Gasteiger partial charge on any atom is -0.411 e. The molecule has 4 nitrogen and oxygen atoms in total. The fraction of sp³-hybridized carbons (Fsp3) is 0.188. The smallest absolute Gasteiger partial charge is 0.237 e. The van der Waals surface area contributed by atoms with Crippen LogP contribution in [0.25, 0.3) is 0 Å². The third kappa shape index (κ3) is 3.60. The molecule has 0 bridgehead atoms. The van der Waals surface area contributed by atoms with Crippen LogP contribution in [0.2, 0.25) is 0 Å². The Bertz CT molecular complexity index is 656. The topological polar surface area (TPSA) is 69.9 Å². The van der Waals surface area contributed by atoms with Crippen molar-refractivity contribution in [1.82, 2.24) is 0 Å². The molecule has 0 spiro atoms. The Morgan fingerprint density at radius 2 is 1.62 bits per heavy atom. The second kappa shape index (κ2) is 6.70. The van der Waals surface area contributed by atoms with E-state index in [1.165, 1.54) is 0 Å². The van der Waals surface area contributed by atoms with Crippen molar-refractivity contribution < 1.29 is 14.7 Å². The summed E-state index contributed by atoms with van der Waals surface area (Å²) >= 11 is 0. The molecule has 2 atom stereocenters. The number of benzene rings is 2. The minimum absolute atomic E-state index is 0.225. The van der Waals surface area contributed by atoms with Crippen LogP contribution in [-0.2, 0) is 4.57 Å². The first-order chi connectivity index (χ1) is 10.1. The van der Waals surface area contributed by atoms with Crippen LogP contribution >= 0.6 is 7.37 Å². The van der Waals surface area contributed by atoms with Crippen molar-refractivity contribution in [3.8, 4) is 0 Å². The summed E-state index contributed by atoms with van der Waals surface area (Å²) in [6.45, 7) is 1.64. The predicted molar refractivity (Wildman–Crippen MR) is 84.6 cm³/mol. The van der Waals surface area contributed by atoms with Gasteiger partial charge in [0.2, 0.25) is 7.37 Å². The van der Waals surface area contributed by atoms with E-state index in [0.717, 1.165) is 5.56 Å². The predicted octanol–water partition coefficient (Wildman–Crippen LogP) is 3.56. The lowest BCUT2D eigenvalue weighted by molar-refractivity contribution is 0.317. The van der Waals surface area contributed by atoms with Crippen LogP contribution in [0, 0.1) is 0 Å². The molecule has 0 fully saturated rings. The molecule has 2 aromatic rings. The maximum absolute atomic E-state index is 13.0. The summed E-state index contributed by atoms with van der Waals surface area (Å²) < 4.78 is 13.0. The first-order valence-electron chi connectivity index (χ1n) is 6.66. The molecule has 0 aromatic heterocycles. The van der Waals surface area contributed by atoms with Gasteiger partial charge < -0.3 is 10.1 Å². The largest absolute Gasteiger partial charge is 0.411 e. The summed E-state index contributed by atoms with van der Waals surface area (Å²) in [5.74, 6) is 0. The van der Waals surface area contributed by atoms with Gasteiger partial charge in [0.1, 0.15) is 0 Å². The van der Waals surface area contributed by atoms with Crippen LogP contribution in [0.3, 0.4) is 0 Å². The molecule has 0 amide bonds. The highest BCUT2D eigenvalue weighted by atomic mass is 31.2. The standard InChI is InChI=1S/C16H18NO3P/c1-13(17-18)12-16(14-8-4-2-5-9-14)21(19,20)15-10-6-3-7-11-15/h2-11,16,18H,12H2,1H3,(H,19,20). The van der Waals surface area contributed by atoms with Crippen molar-refractivity contribution >= 4 is 18.4 Å². The van der Waals surface area contributed by atoms with E-state index < -0.39 is 13.0 Å². The molecule has 2 aromatic carbocycles. The van der Waals surface area contributed by atoms with E-state index in [1.54, 1.807) is 37.3 Å². The number of hydrogen-bond acceptors (Lipinski definition) is 3. The second-order valence-corrected chi connectivity index (χ2v) is 7.31. The van der Waals surface area contributed by atoms with Gasteiger partial charge in [-0.15, -0.1) is 0 Å². The van der Waals surface area contributed by atoms with Crippen molar-refractivity contribution in [2.24, 2.45) is 5.16 Å². The summed E-state index contributed by atoms with van der Waals surface area (Å²) in [7, 11) is -3.64. The molecular weight excluding hydrogens is 285 g/mol. The van der Waals surface area contributed by atoms with E-state index in [2.05, 4.69) is 5.16 Å². The van der Waals surface area contributed by atoms with E-state index in [0.29, 0.717) is 11.0 Å². The minimum atomic E-state index is -3.64. The normalized spacial score (nSPS) is 16.2. The third-order valence-corrected chi connectivity index (χ3v) is 5.76. The average molecular weight is 303 g/mol. The Kier molecular flexibility index (Phi) is 4.94. The highest BCUT2D eigenvalue weighted by Gasteiger charge is 2.34. The van der Waals surface area contributed by atoms with Gasteiger partial charge in [-0.3, -0.25) is 4.57 Å². The Labute approximate surface area is 124 Å². The van der Waals surface area contributed by atoms with Gasteiger partial charge in [0.15, 0.2) is 0 Å². The van der Waals surface area contributed by atoms with Crippen LogP contribution < -0.4 is 5.30 Å². The van der Waals surface area contributed by atoms with Crippen molar-refractivity contribution in [3.05, 3.63) is 66.2 Å². The van der Waals surface area contributed by atoms with Crippen molar-refractivity contribution in [1.29, 1.82) is 0 Å². The number of rotatable bonds is 5. The monoisotopic (exact) mass is 303 g/mol. The van der Waals surface area contributed by atoms with Gasteiger partial charge in [-0.25, -0.2) is 0 Å². The summed E-state index contributed by atoms with van der Waals surface area (Å²) in [5, 5.41) is 12.4. The Morgan fingerprint density at radius 1 is 1.10 bits per heavy atom. The molecule has 2 rings (SSSR count). The highest BCUT2D eigenvalue weighted by molar-refractivity contribution is 7.66. The van der Waals surface area contributed by atoms with E-state index >= 15 is 0 Å². The van der Waals surface area contributed by atoms with Gasteiger partial charge in [-0.2, -0.15) is 0 Å². The fourth-order valence-electron chi connectivity index (χ4n) is 2.26. The van der Waals surface area contributed by atoms with Crippen molar-refractivity contribution in [3.63, 3.8) is 0 Å². The van der Waals surface area contributed by atoms with Gasteiger partial charge in [-0.1, -0.05) is 53.7 Å². The van der Waals surface area contributed by atoms with Crippen LogP contribution in [0.5, 0.6) is 0 Å². The average Bonchev–Trinajstić information content (AvgIpc) is 2.53. The molecule has 0 heterocycles. The van der Waals surface area contributed by atoms with E-state index in [9.17, 15) is 9.46 Å². The lowest BCUT2D eigenvalue weighted by Gasteiger charge is -2.23. The third-order valence-electron chi connectivity index (χ3n) is 3.39. The fourth-order valence-corrected chi connectivity index (χ4v) is 4.31. The summed E-state index contributed by atoms with van der Waals surface area (Å²) in [6.07, 6.45) is 0.225. The lowest BCUT2D eigenvalue weighted by Crippen LogP contribution is -2.14.